The van der Waals surface area contributed by atoms with E-state index in [1.807, 2.05) is 24.3 Å². The standard InChI is InChI=1S/C16H24NO2/c1-4-6-7-15(5-2)12-19-17(13-18)16-10-8-14(3)9-11-16/h8-11,13,15H,3-7,12H2,1-2H3. The highest BCUT2D eigenvalue weighted by molar-refractivity contribution is 5.72. The monoisotopic (exact) mass is 262 g/mol. The Morgan fingerprint density at radius 2 is 2.00 bits per heavy atom. The lowest BCUT2D eigenvalue weighted by molar-refractivity contribution is -0.114. The van der Waals surface area contributed by atoms with Gasteiger partial charge in [0.1, 0.15) is 0 Å². The maximum atomic E-state index is 11.1. The molecule has 1 aromatic rings. The molecule has 0 saturated heterocycles. The van der Waals surface area contributed by atoms with E-state index in [2.05, 4.69) is 20.8 Å². The number of nitrogens with zero attached hydrogens (tertiary/aromatic N) is 1. The number of hydrogen-bond donors (Lipinski definition) is 0. The molecule has 1 aromatic carbocycles. The van der Waals surface area contributed by atoms with E-state index in [-0.39, 0.29) is 0 Å². The van der Waals surface area contributed by atoms with Crippen LogP contribution in [0.5, 0.6) is 0 Å². The van der Waals surface area contributed by atoms with Gasteiger partial charge in [0.25, 0.3) is 0 Å². The summed E-state index contributed by atoms with van der Waals surface area (Å²) >= 11 is 0. The van der Waals surface area contributed by atoms with Crippen LogP contribution in [0.1, 0.15) is 45.1 Å². The van der Waals surface area contributed by atoms with Crippen LogP contribution in [0.25, 0.3) is 0 Å². The summed E-state index contributed by atoms with van der Waals surface area (Å²) < 4.78 is 0. The van der Waals surface area contributed by atoms with Gasteiger partial charge in [-0.15, -0.1) is 0 Å². The molecule has 1 amide bonds. The van der Waals surface area contributed by atoms with Gasteiger partial charge in [-0.3, -0.25) is 9.63 Å². The zero-order chi connectivity index (χ0) is 14.1. The van der Waals surface area contributed by atoms with Crippen molar-refractivity contribution in [1.29, 1.82) is 0 Å². The van der Waals surface area contributed by atoms with Gasteiger partial charge in [0, 0.05) is 0 Å². The summed E-state index contributed by atoms with van der Waals surface area (Å²) in [6.07, 6.45) is 5.34. The van der Waals surface area contributed by atoms with Gasteiger partial charge < -0.3 is 0 Å². The lowest BCUT2D eigenvalue weighted by atomic mass is 10.0. The maximum absolute atomic E-state index is 11.1. The molecule has 1 unspecified atom stereocenters. The Labute approximate surface area is 116 Å². The number of carbonyl (C=O) groups is 1. The number of hydroxylamine groups is 1. The zero-order valence-corrected chi connectivity index (χ0v) is 12.0. The van der Waals surface area contributed by atoms with Crippen LogP contribution in [0.3, 0.4) is 0 Å². The van der Waals surface area contributed by atoms with Gasteiger partial charge in [-0.05, 0) is 37.0 Å². The quantitative estimate of drug-likeness (QED) is 0.497. The van der Waals surface area contributed by atoms with Crippen molar-refractivity contribution in [3.8, 4) is 0 Å². The highest BCUT2D eigenvalue weighted by atomic mass is 16.7. The summed E-state index contributed by atoms with van der Waals surface area (Å²) in [4.78, 5) is 16.7. The molecule has 0 fully saturated rings. The molecule has 0 saturated carbocycles. The fourth-order valence-electron chi connectivity index (χ4n) is 1.89. The van der Waals surface area contributed by atoms with Crippen LogP contribution in [0, 0.1) is 12.8 Å². The third-order valence-corrected chi connectivity index (χ3v) is 3.28. The summed E-state index contributed by atoms with van der Waals surface area (Å²) in [6.45, 7) is 8.75. The summed E-state index contributed by atoms with van der Waals surface area (Å²) in [5, 5.41) is 1.30. The minimum Gasteiger partial charge on any atom is -0.276 e. The number of unbranched alkanes of at least 4 members (excludes halogenated alkanes) is 1. The van der Waals surface area contributed by atoms with Crippen LogP contribution in [0.15, 0.2) is 24.3 Å². The molecule has 0 aromatic heterocycles. The van der Waals surface area contributed by atoms with Crippen LogP contribution in [-0.2, 0) is 9.63 Å². The van der Waals surface area contributed by atoms with Gasteiger partial charge in [0.05, 0.1) is 12.3 Å². The first-order valence-corrected chi connectivity index (χ1v) is 7.00. The number of amides is 1. The molecular formula is C16H24NO2. The molecule has 19 heavy (non-hydrogen) atoms. The summed E-state index contributed by atoms with van der Waals surface area (Å²) in [5.74, 6) is 0.509. The van der Waals surface area contributed by atoms with Gasteiger partial charge in [-0.25, -0.2) is 0 Å². The molecule has 0 spiro atoms. The normalized spacial score (nSPS) is 12.2. The van der Waals surface area contributed by atoms with Gasteiger partial charge >= 0.3 is 0 Å². The van der Waals surface area contributed by atoms with E-state index in [1.54, 1.807) is 0 Å². The second-order valence-electron chi connectivity index (χ2n) is 4.81. The minimum atomic E-state index is 0.509. The molecular weight excluding hydrogens is 238 g/mol. The molecule has 105 valence electrons. The van der Waals surface area contributed by atoms with Crippen molar-refractivity contribution in [2.45, 2.75) is 39.5 Å². The van der Waals surface area contributed by atoms with E-state index >= 15 is 0 Å². The van der Waals surface area contributed by atoms with Crippen molar-refractivity contribution in [2.75, 3.05) is 11.7 Å². The second kappa shape index (κ2) is 8.70. The molecule has 0 bridgehead atoms. The highest BCUT2D eigenvalue weighted by Crippen LogP contribution is 2.17. The van der Waals surface area contributed by atoms with Crippen molar-refractivity contribution >= 4 is 12.1 Å². The van der Waals surface area contributed by atoms with Crippen molar-refractivity contribution < 1.29 is 9.63 Å². The van der Waals surface area contributed by atoms with E-state index in [9.17, 15) is 4.79 Å². The van der Waals surface area contributed by atoms with E-state index in [1.165, 1.54) is 17.9 Å². The lowest BCUT2D eigenvalue weighted by Gasteiger charge is -2.21. The Kier molecular flexibility index (Phi) is 7.19. The summed E-state index contributed by atoms with van der Waals surface area (Å²) in [7, 11) is 0. The highest BCUT2D eigenvalue weighted by Gasteiger charge is 2.11. The number of hydrogen-bond acceptors (Lipinski definition) is 2. The number of rotatable bonds is 9. The van der Waals surface area contributed by atoms with Gasteiger partial charge in [0.2, 0.25) is 6.41 Å². The van der Waals surface area contributed by atoms with Crippen molar-refractivity contribution in [1.82, 2.24) is 0 Å². The molecule has 1 atom stereocenters. The van der Waals surface area contributed by atoms with Crippen LogP contribution in [0.2, 0.25) is 0 Å². The van der Waals surface area contributed by atoms with E-state index in [0.29, 0.717) is 18.9 Å². The first-order chi connectivity index (χ1) is 9.21. The van der Waals surface area contributed by atoms with Gasteiger partial charge in [0.15, 0.2) is 0 Å². The summed E-state index contributed by atoms with van der Waals surface area (Å²) in [6, 6.07) is 7.40. The van der Waals surface area contributed by atoms with Crippen molar-refractivity contribution in [3.63, 3.8) is 0 Å². The second-order valence-corrected chi connectivity index (χ2v) is 4.81. The van der Waals surface area contributed by atoms with Crippen LogP contribution in [-0.4, -0.2) is 13.0 Å². The van der Waals surface area contributed by atoms with Gasteiger partial charge in [-0.2, -0.15) is 5.06 Å². The largest absolute Gasteiger partial charge is 0.276 e. The third kappa shape index (κ3) is 5.43. The first kappa shape index (κ1) is 15.7. The smallest absolute Gasteiger partial charge is 0.238 e. The topological polar surface area (TPSA) is 29.5 Å². The van der Waals surface area contributed by atoms with Crippen LogP contribution >= 0.6 is 0 Å². The van der Waals surface area contributed by atoms with Gasteiger partial charge in [-0.1, -0.05) is 45.2 Å². The Morgan fingerprint density at radius 1 is 1.32 bits per heavy atom. The number of benzene rings is 1. The predicted molar refractivity (Wildman–Crippen MR) is 78.7 cm³/mol. The molecule has 0 aliphatic rings. The minimum absolute atomic E-state index is 0.509. The average molecular weight is 262 g/mol. The Morgan fingerprint density at radius 3 is 2.53 bits per heavy atom. The van der Waals surface area contributed by atoms with E-state index in [4.69, 9.17) is 4.84 Å². The molecule has 0 aliphatic heterocycles. The molecule has 1 rings (SSSR count). The third-order valence-electron chi connectivity index (χ3n) is 3.28. The Balaban J connectivity index is 2.52. The molecule has 0 N–H and O–H groups in total. The SMILES string of the molecule is [CH2]c1ccc(N(C=O)OCC(CC)CCCC)cc1. The maximum Gasteiger partial charge on any atom is 0.238 e. The number of carbonyl (C=O) groups excluding carboxylic acids is 1. The molecule has 0 aliphatic carbocycles. The zero-order valence-electron chi connectivity index (χ0n) is 12.0. The van der Waals surface area contributed by atoms with Crippen LogP contribution in [0.4, 0.5) is 5.69 Å². The molecule has 0 heterocycles. The first-order valence-electron chi connectivity index (χ1n) is 7.00. The Bertz CT molecular complexity index is 362. The summed E-state index contributed by atoms with van der Waals surface area (Å²) in [5.41, 5.74) is 1.66. The van der Waals surface area contributed by atoms with Crippen molar-refractivity contribution in [3.05, 3.63) is 36.8 Å². The van der Waals surface area contributed by atoms with Crippen LogP contribution < -0.4 is 5.06 Å². The predicted octanol–water partition coefficient (Wildman–Crippen LogP) is 3.98. The fraction of sp³-hybridized carbons (Fsp3) is 0.500. The molecule has 3 nitrogen and oxygen atoms in total. The number of anilines is 1. The van der Waals surface area contributed by atoms with E-state index in [0.717, 1.165) is 24.1 Å². The lowest BCUT2D eigenvalue weighted by Crippen LogP contribution is -2.25. The average Bonchev–Trinajstić information content (AvgIpc) is 2.44. The van der Waals surface area contributed by atoms with E-state index < -0.39 is 0 Å². The Hall–Kier alpha value is -1.35. The fourth-order valence-corrected chi connectivity index (χ4v) is 1.89. The molecule has 3 heteroatoms. The molecule has 1 radical (unpaired) electrons. The van der Waals surface area contributed by atoms with Crippen molar-refractivity contribution in [2.24, 2.45) is 5.92 Å².